The predicted octanol–water partition coefficient (Wildman–Crippen LogP) is 4.44. The Hall–Kier alpha value is -1.96. The van der Waals surface area contributed by atoms with E-state index in [1.165, 1.54) is 0 Å². The van der Waals surface area contributed by atoms with Crippen molar-refractivity contribution in [1.82, 2.24) is 14.8 Å². The highest BCUT2D eigenvalue weighted by molar-refractivity contribution is 7.16. The molecule has 0 amide bonds. The van der Waals surface area contributed by atoms with E-state index < -0.39 is 0 Å². The molecular weight excluding hydrogens is 382 g/mol. The summed E-state index contributed by atoms with van der Waals surface area (Å²) in [6.45, 7) is 8.18. The zero-order valence-electron chi connectivity index (χ0n) is 17.8. The molecule has 7 heteroatoms. The molecule has 156 valence electrons. The van der Waals surface area contributed by atoms with Crippen LogP contribution < -0.4 is 5.32 Å². The van der Waals surface area contributed by atoms with Gasteiger partial charge in [-0.2, -0.15) is 0 Å². The summed E-state index contributed by atoms with van der Waals surface area (Å²) >= 11 is 1.75. The van der Waals surface area contributed by atoms with Crippen LogP contribution in [0.5, 0.6) is 0 Å². The summed E-state index contributed by atoms with van der Waals surface area (Å²) in [6, 6.07) is 8.77. The minimum atomic E-state index is 0.402. The average molecular weight is 414 g/mol. The molecule has 1 aromatic heterocycles. The van der Waals surface area contributed by atoms with Crippen molar-refractivity contribution in [2.75, 3.05) is 45.7 Å². The Labute approximate surface area is 177 Å². The minimum Gasteiger partial charge on any atom is -0.385 e. The van der Waals surface area contributed by atoms with Gasteiger partial charge in [0.15, 0.2) is 5.84 Å². The van der Waals surface area contributed by atoms with Gasteiger partial charge in [-0.05, 0) is 32.0 Å². The molecular formula is C22H31N5OS. The number of amidine groups is 1. The second-order valence-electron chi connectivity index (χ2n) is 8.18. The molecule has 2 aromatic rings. The lowest BCUT2D eigenvalue weighted by Crippen LogP contribution is -2.53. The molecule has 1 atom stereocenters. The number of methoxy groups -OCH3 is 1. The van der Waals surface area contributed by atoms with Gasteiger partial charge in [0.2, 0.25) is 0 Å². The number of thiazole rings is 1. The van der Waals surface area contributed by atoms with E-state index >= 15 is 0 Å². The van der Waals surface area contributed by atoms with Crippen LogP contribution in [0.25, 0.3) is 0 Å². The maximum atomic E-state index is 5.27. The van der Waals surface area contributed by atoms with Crippen molar-refractivity contribution in [2.45, 2.75) is 38.6 Å². The van der Waals surface area contributed by atoms with Crippen LogP contribution in [0.4, 0.5) is 16.4 Å². The van der Waals surface area contributed by atoms with Gasteiger partial charge < -0.3 is 15.0 Å². The molecule has 0 radical (unpaired) electrons. The first-order valence-corrected chi connectivity index (χ1v) is 11.3. The summed E-state index contributed by atoms with van der Waals surface area (Å²) in [4.78, 5) is 15.0. The monoisotopic (exact) mass is 413 g/mol. The van der Waals surface area contributed by atoms with Crippen molar-refractivity contribution in [3.8, 4) is 0 Å². The molecule has 0 bridgehead atoms. The van der Waals surface area contributed by atoms with Crippen LogP contribution in [0, 0.1) is 0 Å². The number of nitrogens with zero attached hydrogens (tertiary/aromatic N) is 4. The van der Waals surface area contributed by atoms with Crippen LogP contribution in [0.15, 0.2) is 29.3 Å². The Morgan fingerprint density at radius 2 is 2.10 bits per heavy atom. The van der Waals surface area contributed by atoms with E-state index in [0.29, 0.717) is 12.0 Å². The number of nitrogens with one attached hydrogen (secondary N) is 1. The third-order valence-corrected chi connectivity index (χ3v) is 6.96. The molecule has 1 fully saturated rings. The number of benzene rings is 1. The fourth-order valence-corrected chi connectivity index (χ4v) is 4.90. The number of aliphatic imine (C=N–C) groups is 1. The molecule has 4 rings (SSSR count). The quantitative estimate of drug-likeness (QED) is 0.734. The fraction of sp³-hybridized carbons (Fsp3) is 0.545. The smallest absolute Gasteiger partial charge is 0.158 e. The van der Waals surface area contributed by atoms with Gasteiger partial charge in [-0.3, -0.25) is 4.90 Å². The molecule has 0 saturated carbocycles. The number of anilines is 2. The summed E-state index contributed by atoms with van der Waals surface area (Å²) in [6.07, 6.45) is 2.21. The van der Waals surface area contributed by atoms with E-state index in [-0.39, 0.29) is 0 Å². The van der Waals surface area contributed by atoms with E-state index in [1.807, 2.05) is 6.07 Å². The maximum absolute atomic E-state index is 5.27. The summed E-state index contributed by atoms with van der Waals surface area (Å²) in [5.74, 6) is 1.41. The number of hydrogen-bond acceptors (Lipinski definition) is 7. The highest BCUT2D eigenvalue weighted by Gasteiger charge is 2.31. The molecule has 3 heterocycles. The van der Waals surface area contributed by atoms with Crippen molar-refractivity contribution in [2.24, 2.45) is 4.99 Å². The Kier molecular flexibility index (Phi) is 6.18. The van der Waals surface area contributed by atoms with E-state index in [1.54, 1.807) is 18.4 Å². The summed E-state index contributed by atoms with van der Waals surface area (Å²) in [5, 5.41) is 5.85. The van der Waals surface area contributed by atoms with Crippen molar-refractivity contribution >= 4 is 33.5 Å². The van der Waals surface area contributed by atoms with Crippen LogP contribution >= 0.6 is 11.3 Å². The summed E-state index contributed by atoms with van der Waals surface area (Å²) in [7, 11) is 4.00. The molecule has 1 aromatic carbocycles. The summed E-state index contributed by atoms with van der Waals surface area (Å²) < 4.78 is 5.27. The molecule has 2 aliphatic rings. The Balaban J connectivity index is 1.68. The number of para-hydroxylation sites is 2. The first-order chi connectivity index (χ1) is 14.1. The van der Waals surface area contributed by atoms with Crippen molar-refractivity contribution in [3.05, 3.63) is 35.0 Å². The van der Waals surface area contributed by atoms with Gasteiger partial charge in [0.25, 0.3) is 0 Å². The second kappa shape index (κ2) is 8.81. The molecule has 1 saturated heterocycles. The van der Waals surface area contributed by atoms with Crippen LogP contribution in [0.2, 0.25) is 0 Å². The molecule has 0 spiro atoms. The Morgan fingerprint density at radius 1 is 1.28 bits per heavy atom. The number of hydrogen-bond donors (Lipinski definition) is 1. The topological polar surface area (TPSA) is 53.0 Å². The summed E-state index contributed by atoms with van der Waals surface area (Å²) in [5.41, 5.74) is 3.03. The third kappa shape index (κ3) is 4.32. The molecule has 6 nitrogen and oxygen atoms in total. The van der Waals surface area contributed by atoms with Crippen molar-refractivity contribution in [1.29, 1.82) is 0 Å². The first kappa shape index (κ1) is 20.3. The van der Waals surface area contributed by atoms with Gasteiger partial charge in [0.1, 0.15) is 10.7 Å². The Bertz CT molecular complexity index is 878. The van der Waals surface area contributed by atoms with Crippen LogP contribution in [-0.2, 0) is 4.74 Å². The van der Waals surface area contributed by atoms with Gasteiger partial charge in [-0.25, -0.2) is 9.98 Å². The number of piperazine rings is 1. The van der Waals surface area contributed by atoms with E-state index in [0.717, 1.165) is 72.0 Å². The maximum Gasteiger partial charge on any atom is 0.158 e. The van der Waals surface area contributed by atoms with E-state index in [9.17, 15) is 0 Å². The van der Waals surface area contributed by atoms with Crippen LogP contribution in [0.3, 0.4) is 0 Å². The molecule has 29 heavy (non-hydrogen) atoms. The normalized spacial score (nSPS) is 19.4. The zero-order chi connectivity index (χ0) is 20.4. The van der Waals surface area contributed by atoms with Gasteiger partial charge >= 0.3 is 0 Å². The second-order valence-corrected chi connectivity index (χ2v) is 9.21. The lowest BCUT2D eigenvalue weighted by Gasteiger charge is -2.40. The number of fused-ring (bicyclic) bond motifs is 2. The van der Waals surface area contributed by atoms with Crippen molar-refractivity contribution < 1.29 is 4.74 Å². The molecule has 1 N–H and O–H groups in total. The minimum absolute atomic E-state index is 0.402. The number of rotatable bonds is 5. The lowest BCUT2D eigenvalue weighted by atomic mass is 10.1. The van der Waals surface area contributed by atoms with Gasteiger partial charge in [-0.15, -0.1) is 11.3 Å². The number of aromatic nitrogens is 1. The zero-order valence-corrected chi connectivity index (χ0v) is 18.6. The fourth-order valence-electron chi connectivity index (χ4n) is 3.92. The van der Waals surface area contributed by atoms with Crippen LogP contribution in [-0.4, -0.2) is 67.1 Å². The standard InChI is InChI=1S/C22H31N5OS/c1-15(2)21-25-19-20(23-17-9-5-6-10-18(17)24-22(19)29-21)27-12-11-26(3)16(14-27)8-7-13-28-4/h5-6,9-10,15-16,24H,7-8,11-14H2,1-4H3. The average Bonchev–Trinajstić information content (AvgIpc) is 3.06. The first-order valence-electron chi connectivity index (χ1n) is 10.5. The number of ether oxygens (including phenoxy) is 1. The van der Waals surface area contributed by atoms with Crippen molar-refractivity contribution in [3.63, 3.8) is 0 Å². The van der Waals surface area contributed by atoms with Gasteiger partial charge in [0, 0.05) is 45.3 Å². The molecule has 2 aliphatic heterocycles. The van der Waals surface area contributed by atoms with Gasteiger partial charge in [-0.1, -0.05) is 26.0 Å². The van der Waals surface area contributed by atoms with E-state index in [4.69, 9.17) is 14.7 Å². The molecule has 1 unspecified atom stereocenters. The van der Waals surface area contributed by atoms with E-state index in [2.05, 4.69) is 54.2 Å². The third-order valence-electron chi connectivity index (χ3n) is 5.69. The van der Waals surface area contributed by atoms with Crippen LogP contribution in [0.1, 0.15) is 43.3 Å². The lowest BCUT2D eigenvalue weighted by molar-refractivity contribution is 0.119. The SMILES string of the molecule is COCCCC1CN(C2=Nc3ccccc3Nc3sc(C(C)C)nc32)CCN1C. The van der Waals surface area contributed by atoms with Gasteiger partial charge in [0.05, 0.1) is 16.4 Å². The molecule has 0 aliphatic carbocycles. The highest BCUT2D eigenvalue weighted by atomic mass is 32.1. The Morgan fingerprint density at radius 3 is 2.90 bits per heavy atom. The number of likely N-dealkylation sites (N-methyl/N-ethyl adjacent to an activating group) is 1. The highest BCUT2D eigenvalue weighted by Crippen LogP contribution is 2.39. The largest absolute Gasteiger partial charge is 0.385 e. The predicted molar refractivity (Wildman–Crippen MR) is 121 cm³/mol.